The number of hydrogen-bond acceptors (Lipinski definition) is 3. The van der Waals surface area contributed by atoms with Gasteiger partial charge in [0.05, 0.1) is 6.54 Å². The number of carbonyl (C=O) groups is 2. The van der Waals surface area contributed by atoms with Crippen molar-refractivity contribution in [3.63, 3.8) is 0 Å². The number of nitrogens with zero attached hydrogens (tertiary/aromatic N) is 3. The molecule has 0 atom stereocenters. The van der Waals surface area contributed by atoms with E-state index < -0.39 is 0 Å². The van der Waals surface area contributed by atoms with Gasteiger partial charge in [-0.25, -0.2) is 0 Å². The van der Waals surface area contributed by atoms with Gasteiger partial charge in [0.1, 0.15) is 0 Å². The second-order valence-electron chi connectivity index (χ2n) is 4.59. The predicted octanol–water partition coefficient (Wildman–Crippen LogP) is 0.326. The van der Waals surface area contributed by atoms with E-state index >= 15 is 0 Å². The first-order valence-electron chi connectivity index (χ1n) is 6.60. The normalized spacial score (nSPS) is 10.2. The monoisotopic (exact) mass is 279 g/mol. The molecular weight excluding hydrogens is 258 g/mol. The number of hydrogen-bond donors (Lipinski definition) is 0. The zero-order chi connectivity index (χ0) is 15.3. The molecule has 0 fully saturated rings. The third-order valence-corrected chi connectivity index (χ3v) is 3.19. The van der Waals surface area contributed by atoms with Crippen molar-refractivity contribution in [2.24, 2.45) is 7.05 Å². The third-order valence-electron chi connectivity index (χ3n) is 3.19. The molecule has 1 heterocycles. The third kappa shape index (κ3) is 3.69. The molecule has 0 unspecified atom stereocenters. The topological polar surface area (TPSA) is 62.6 Å². The van der Waals surface area contributed by atoms with Gasteiger partial charge in [0.25, 0.3) is 11.5 Å². The van der Waals surface area contributed by atoms with Gasteiger partial charge in [-0.2, -0.15) is 0 Å². The van der Waals surface area contributed by atoms with Crippen LogP contribution in [0.1, 0.15) is 24.2 Å². The first-order valence-corrected chi connectivity index (χ1v) is 6.60. The van der Waals surface area contributed by atoms with Crippen LogP contribution in [0.3, 0.4) is 0 Å². The number of likely N-dealkylation sites (N-methyl/N-ethyl adjacent to an activating group) is 2. The number of rotatable bonds is 5. The lowest BCUT2D eigenvalue weighted by atomic mass is 10.2. The van der Waals surface area contributed by atoms with Crippen molar-refractivity contribution in [1.29, 1.82) is 0 Å². The van der Waals surface area contributed by atoms with E-state index in [2.05, 4.69) is 0 Å². The van der Waals surface area contributed by atoms with Crippen molar-refractivity contribution in [3.8, 4) is 0 Å². The second-order valence-corrected chi connectivity index (χ2v) is 4.59. The minimum absolute atomic E-state index is 0.00965. The molecule has 1 aromatic rings. The van der Waals surface area contributed by atoms with E-state index in [0.717, 1.165) is 0 Å². The van der Waals surface area contributed by atoms with Crippen LogP contribution in [0.2, 0.25) is 0 Å². The number of pyridine rings is 1. The maximum absolute atomic E-state index is 12.1. The van der Waals surface area contributed by atoms with Crippen LogP contribution in [0.4, 0.5) is 0 Å². The minimum atomic E-state index is -0.330. The Bertz CT molecular complexity index is 547. The summed E-state index contributed by atoms with van der Waals surface area (Å²) in [6.07, 6.45) is 1.54. The predicted molar refractivity (Wildman–Crippen MR) is 76.6 cm³/mol. The van der Waals surface area contributed by atoms with Crippen molar-refractivity contribution in [3.05, 3.63) is 34.2 Å². The highest BCUT2D eigenvalue weighted by molar-refractivity contribution is 5.96. The summed E-state index contributed by atoms with van der Waals surface area (Å²) in [4.78, 5) is 38.6. The fourth-order valence-electron chi connectivity index (χ4n) is 1.85. The zero-order valence-electron chi connectivity index (χ0n) is 12.4. The summed E-state index contributed by atoms with van der Waals surface area (Å²) in [5.41, 5.74) is 0.0438. The van der Waals surface area contributed by atoms with Crippen LogP contribution < -0.4 is 5.56 Å². The van der Waals surface area contributed by atoms with Crippen LogP contribution in [0.15, 0.2) is 23.1 Å². The Morgan fingerprint density at radius 1 is 1.25 bits per heavy atom. The lowest BCUT2D eigenvalue weighted by molar-refractivity contribution is -0.131. The molecule has 1 rings (SSSR count). The van der Waals surface area contributed by atoms with E-state index in [-0.39, 0.29) is 23.9 Å². The largest absolute Gasteiger partial charge is 0.342 e. The zero-order valence-corrected chi connectivity index (χ0v) is 12.4. The quantitative estimate of drug-likeness (QED) is 0.780. The van der Waals surface area contributed by atoms with Crippen molar-refractivity contribution < 1.29 is 9.59 Å². The molecule has 1 aromatic heterocycles. The van der Waals surface area contributed by atoms with Gasteiger partial charge in [-0.1, -0.05) is 0 Å². The summed E-state index contributed by atoms with van der Waals surface area (Å²) < 4.78 is 1.39. The molecule has 0 spiro atoms. The SMILES string of the molecule is CCN(CC)C(=O)CN(C)C(=O)c1ccn(C)c(=O)c1. The highest BCUT2D eigenvalue weighted by Gasteiger charge is 2.18. The summed E-state index contributed by atoms with van der Waals surface area (Å²) >= 11 is 0. The van der Waals surface area contributed by atoms with Crippen molar-refractivity contribution in [2.45, 2.75) is 13.8 Å². The van der Waals surface area contributed by atoms with Crippen LogP contribution >= 0.6 is 0 Å². The Morgan fingerprint density at radius 2 is 1.85 bits per heavy atom. The molecule has 6 nitrogen and oxygen atoms in total. The van der Waals surface area contributed by atoms with Gasteiger partial charge in [0.15, 0.2) is 0 Å². The van der Waals surface area contributed by atoms with Gasteiger partial charge < -0.3 is 14.4 Å². The molecule has 0 saturated carbocycles. The van der Waals surface area contributed by atoms with E-state index in [1.165, 1.54) is 21.7 Å². The number of aryl methyl sites for hydroxylation is 1. The molecule has 0 N–H and O–H groups in total. The Labute approximate surface area is 118 Å². The highest BCUT2D eigenvalue weighted by atomic mass is 16.2. The van der Waals surface area contributed by atoms with Gasteiger partial charge >= 0.3 is 0 Å². The maximum atomic E-state index is 12.1. The minimum Gasteiger partial charge on any atom is -0.342 e. The van der Waals surface area contributed by atoms with Gasteiger partial charge in [0, 0.05) is 45.0 Å². The van der Waals surface area contributed by atoms with Crippen LogP contribution in [0, 0.1) is 0 Å². The van der Waals surface area contributed by atoms with E-state index in [9.17, 15) is 14.4 Å². The molecule has 0 radical (unpaired) electrons. The first-order chi connectivity index (χ1) is 9.40. The first kappa shape index (κ1) is 15.9. The molecule has 20 heavy (non-hydrogen) atoms. The molecule has 0 saturated heterocycles. The fraction of sp³-hybridized carbons (Fsp3) is 0.500. The average molecular weight is 279 g/mol. The average Bonchev–Trinajstić information content (AvgIpc) is 2.42. The van der Waals surface area contributed by atoms with E-state index in [0.29, 0.717) is 18.7 Å². The summed E-state index contributed by atoms with van der Waals surface area (Å²) in [5.74, 6) is -0.433. The Morgan fingerprint density at radius 3 is 2.35 bits per heavy atom. The van der Waals surface area contributed by atoms with E-state index in [1.807, 2.05) is 13.8 Å². The van der Waals surface area contributed by atoms with Crippen molar-refractivity contribution in [1.82, 2.24) is 14.4 Å². The Balaban J connectivity index is 2.79. The lowest BCUT2D eigenvalue weighted by Gasteiger charge is -2.23. The summed E-state index contributed by atoms with van der Waals surface area (Å²) in [6.45, 7) is 5.02. The fourth-order valence-corrected chi connectivity index (χ4v) is 1.85. The van der Waals surface area contributed by atoms with Gasteiger partial charge in [-0.15, -0.1) is 0 Å². The molecule has 0 bridgehead atoms. The van der Waals surface area contributed by atoms with Crippen LogP contribution in [-0.4, -0.2) is 52.9 Å². The Hall–Kier alpha value is -2.11. The van der Waals surface area contributed by atoms with Crippen LogP contribution in [0.25, 0.3) is 0 Å². The molecule has 0 aromatic carbocycles. The smallest absolute Gasteiger partial charge is 0.254 e. The Kier molecular flexibility index (Phi) is 5.49. The molecule has 0 aliphatic carbocycles. The summed E-state index contributed by atoms with van der Waals surface area (Å²) in [5, 5.41) is 0. The number of amides is 2. The van der Waals surface area contributed by atoms with Gasteiger partial charge in [-0.3, -0.25) is 14.4 Å². The molecular formula is C14H21N3O3. The maximum Gasteiger partial charge on any atom is 0.254 e. The van der Waals surface area contributed by atoms with Gasteiger partial charge in [-0.05, 0) is 19.9 Å². The van der Waals surface area contributed by atoms with E-state index in [1.54, 1.807) is 25.1 Å². The summed E-state index contributed by atoms with van der Waals surface area (Å²) in [7, 11) is 3.17. The molecule has 0 aliphatic rings. The number of carbonyl (C=O) groups excluding carboxylic acids is 2. The molecule has 6 heteroatoms. The van der Waals surface area contributed by atoms with Gasteiger partial charge in [0.2, 0.25) is 5.91 Å². The standard InChI is InChI=1S/C14H21N3O3/c1-5-17(6-2)13(19)10-16(4)14(20)11-7-8-15(3)12(18)9-11/h7-9H,5-6,10H2,1-4H3. The van der Waals surface area contributed by atoms with Crippen molar-refractivity contribution in [2.75, 3.05) is 26.7 Å². The molecule has 0 aliphatic heterocycles. The summed E-state index contributed by atoms with van der Waals surface area (Å²) in [6, 6.07) is 2.85. The molecule has 110 valence electrons. The molecule has 2 amide bonds. The lowest BCUT2D eigenvalue weighted by Crippen LogP contribution is -2.41. The van der Waals surface area contributed by atoms with Crippen molar-refractivity contribution >= 4 is 11.8 Å². The van der Waals surface area contributed by atoms with Crippen LogP contribution in [-0.2, 0) is 11.8 Å². The number of aromatic nitrogens is 1. The highest BCUT2D eigenvalue weighted by Crippen LogP contribution is 2.01. The van der Waals surface area contributed by atoms with Crippen LogP contribution in [0.5, 0.6) is 0 Å². The second kappa shape index (κ2) is 6.88. The van der Waals surface area contributed by atoms with E-state index in [4.69, 9.17) is 0 Å².